The van der Waals surface area contributed by atoms with Crippen molar-refractivity contribution in [3.63, 3.8) is 0 Å². The number of hydrogen-bond acceptors (Lipinski definition) is 6. The highest BCUT2D eigenvalue weighted by Gasteiger charge is 2.41. The maximum atomic E-state index is 11.4. The van der Waals surface area contributed by atoms with E-state index in [1.54, 1.807) is 12.1 Å². The number of ether oxygens (including phenoxy) is 2. The van der Waals surface area contributed by atoms with Gasteiger partial charge in [-0.15, -0.1) is 0 Å². The second kappa shape index (κ2) is 10.8. The number of non-ortho nitro benzene ring substituents is 1. The summed E-state index contributed by atoms with van der Waals surface area (Å²) in [6.45, 7) is 2.93. The summed E-state index contributed by atoms with van der Waals surface area (Å²) >= 11 is 0. The lowest BCUT2D eigenvalue weighted by Gasteiger charge is -2.38. The van der Waals surface area contributed by atoms with Crippen LogP contribution in [-0.4, -0.2) is 22.3 Å². The van der Waals surface area contributed by atoms with Crippen LogP contribution in [0.5, 0.6) is 11.5 Å². The number of nitro benzene ring substituents is 1. The lowest BCUT2D eigenvalue weighted by Crippen LogP contribution is -2.33. The molecule has 0 aromatic heterocycles. The molecule has 0 spiro atoms. The van der Waals surface area contributed by atoms with Crippen molar-refractivity contribution >= 4 is 11.4 Å². The first-order chi connectivity index (χ1) is 17.6. The Labute approximate surface area is 211 Å². The van der Waals surface area contributed by atoms with Crippen molar-refractivity contribution in [1.29, 1.82) is 0 Å². The second-order valence-electron chi connectivity index (χ2n) is 9.29. The number of unbranched alkanes of at least 4 members (excludes halogenated alkanes) is 4. The molecule has 2 atom stereocenters. The van der Waals surface area contributed by atoms with Crippen LogP contribution in [0.1, 0.15) is 74.4 Å². The number of nitrogens with zero attached hydrogens (tertiary/aromatic N) is 3. The average molecular weight is 486 g/mol. The zero-order valence-electron chi connectivity index (χ0n) is 20.5. The van der Waals surface area contributed by atoms with E-state index in [0.717, 1.165) is 34.6 Å². The van der Waals surface area contributed by atoms with E-state index in [0.29, 0.717) is 18.8 Å². The van der Waals surface area contributed by atoms with Gasteiger partial charge in [-0.1, -0.05) is 62.9 Å². The van der Waals surface area contributed by atoms with E-state index in [1.165, 1.54) is 31.7 Å². The van der Waals surface area contributed by atoms with E-state index in [4.69, 9.17) is 14.6 Å². The summed E-state index contributed by atoms with van der Waals surface area (Å²) in [5.41, 5.74) is 3.78. The molecule has 2 aliphatic rings. The highest BCUT2D eigenvalue weighted by molar-refractivity contribution is 6.01. The summed E-state index contributed by atoms with van der Waals surface area (Å²) in [4.78, 5) is 11.1. The third-order valence-corrected chi connectivity index (χ3v) is 6.77. The molecule has 0 N–H and O–H groups in total. The summed E-state index contributed by atoms with van der Waals surface area (Å²) in [6.07, 6.45) is 6.23. The minimum absolute atomic E-state index is 0.0557. The first-order valence-electron chi connectivity index (χ1n) is 12.7. The predicted molar refractivity (Wildman–Crippen MR) is 139 cm³/mol. The van der Waals surface area contributed by atoms with Gasteiger partial charge >= 0.3 is 0 Å². The Hall–Kier alpha value is -3.87. The van der Waals surface area contributed by atoms with Crippen LogP contribution in [0.15, 0.2) is 77.9 Å². The number of hydrazone groups is 1. The van der Waals surface area contributed by atoms with Crippen molar-refractivity contribution in [2.24, 2.45) is 5.10 Å². The zero-order chi connectivity index (χ0) is 24.9. The van der Waals surface area contributed by atoms with Gasteiger partial charge in [0.05, 0.1) is 23.3 Å². The first kappa shape index (κ1) is 23.9. The lowest BCUT2D eigenvalue weighted by molar-refractivity contribution is -0.385. The molecule has 3 aromatic rings. The van der Waals surface area contributed by atoms with E-state index in [1.807, 2.05) is 59.6 Å². The largest absolute Gasteiger partial charge is 0.494 e. The predicted octanol–water partition coefficient (Wildman–Crippen LogP) is 7.19. The molecule has 7 heteroatoms. The molecule has 0 bridgehead atoms. The van der Waals surface area contributed by atoms with Gasteiger partial charge < -0.3 is 9.47 Å². The van der Waals surface area contributed by atoms with E-state index in [2.05, 4.69) is 6.92 Å². The number of benzene rings is 3. The summed E-state index contributed by atoms with van der Waals surface area (Å²) < 4.78 is 12.3. The summed E-state index contributed by atoms with van der Waals surface area (Å²) in [5.74, 6) is 1.50. The molecule has 2 unspecified atom stereocenters. The van der Waals surface area contributed by atoms with Crippen LogP contribution in [0.2, 0.25) is 0 Å². The number of nitro groups is 1. The Bertz CT molecular complexity index is 1230. The van der Waals surface area contributed by atoms with Crippen molar-refractivity contribution in [2.45, 2.75) is 57.7 Å². The summed E-state index contributed by atoms with van der Waals surface area (Å²) in [5, 5.41) is 18.3. The number of fused-ring (bicyclic) bond motifs is 3. The molecule has 7 nitrogen and oxygen atoms in total. The zero-order valence-corrected chi connectivity index (χ0v) is 20.5. The molecule has 5 rings (SSSR count). The van der Waals surface area contributed by atoms with Crippen molar-refractivity contribution < 1.29 is 14.4 Å². The van der Waals surface area contributed by atoms with Gasteiger partial charge in [-0.3, -0.25) is 10.1 Å². The van der Waals surface area contributed by atoms with E-state index >= 15 is 0 Å². The first-order valence-corrected chi connectivity index (χ1v) is 12.7. The Morgan fingerprint density at radius 2 is 1.81 bits per heavy atom. The van der Waals surface area contributed by atoms with Crippen molar-refractivity contribution in [3.8, 4) is 11.5 Å². The maximum absolute atomic E-state index is 11.4. The van der Waals surface area contributed by atoms with Crippen LogP contribution < -0.4 is 9.47 Å². The smallest absolute Gasteiger partial charge is 0.270 e. The number of hydrogen-bond donors (Lipinski definition) is 0. The summed E-state index contributed by atoms with van der Waals surface area (Å²) in [7, 11) is 0. The minimum Gasteiger partial charge on any atom is -0.494 e. The molecule has 0 fully saturated rings. The van der Waals surface area contributed by atoms with Crippen molar-refractivity contribution in [2.75, 3.05) is 6.61 Å². The second-order valence-corrected chi connectivity index (χ2v) is 9.29. The van der Waals surface area contributed by atoms with Crippen LogP contribution >= 0.6 is 0 Å². The molecule has 0 saturated carbocycles. The van der Waals surface area contributed by atoms with Gasteiger partial charge in [-0.2, -0.15) is 5.10 Å². The van der Waals surface area contributed by atoms with Gasteiger partial charge in [0.2, 0.25) is 6.23 Å². The molecule has 186 valence electrons. The summed E-state index contributed by atoms with van der Waals surface area (Å²) in [6, 6.07) is 22.7. The van der Waals surface area contributed by atoms with Gasteiger partial charge in [0.1, 0.15) is 11.5 Å². The molecule has 0 saturated heterocycles. The van der Waals surface area contributed by atoms with Crippen LogP contribution in [0.4, 0.5) is 5.69 Å². The van der Waals surface area contributed by atoms with E-state index in [-0.39, 0.29) is 16.7 Å². The molecule has 36 heavy (non-hydrogen) atoms. The topological polar surface area (TPSA) is 77.2 Å². The Balaban J connectivity index is 1.38. The average Bonchev–Trinajstić information content (AvgIpc) is 3.37. The van der Waals surface area contributed by atoms with Gasteiger partial charge in [-0.05, 0) is 42.3 Å². The highest BCUT2D eigenvalue weighted by atomic mass is 16.6. The minimum atomic E-state index is -0.437. The molecule has 2 heterocycles. The Morgan fingerprint density at radius 1 is 1.03 bits per heavy atom. The third kappa shape index (κ3) is 5.05. The third-order valence-electron chi connectivity index (χ3n) is 6.77. The molecule has 0 amide bonds. The van der Waals surface area contributed by atoms with Gasteiger partial charge in [-0.25, -0.2) is 5.01 Å². The molecule has 3 aromatic carbocycles. The number of rotatable bonds is 10. The fraction of sp³-hybridized carbons (Fsp3) is 0.345. The molecule has 0 aliphatic carbocycles. The van der Waals surface area contributed by atoms with Crippen LogP contribution in [0.3, 0.4) is 0 Å². The SMILES string of the molecule is CCCCCCCOc1ccc(C2Oc3ccc([N+](=O)[O-])cc3C3CC(c4ccccc4)=NN32)cc1. The van der Waals surface area contributed by atoms with Gasteiger partial charge in [0.15, 0.2) is 0 Å². The van der Waals surface area contributed by atoms with Crippen LogP contribution in [0, 0.1) is 10.1 Å². The normalized spacial score (nSPS) is 18.1. The highest BCUT2D eigenvalue weighted by Crippen LogP contribution is 2.48. The maximum Gasteiger partial charge on any atom is 0.270 e. The van der Waals surface area contributed by atoms with Crippen LogP contribution in [0.25, 0.3) is 0 Å². The van der Waals surface area contributed by atoms with Gasteiger partial charge in [0, 0.05) is 29.7 Å². The monoisotopic (exact) mass is 485 g/mol. The van der Waals surface area contributed by atoms with Crippen LogP contribution in [-0.2, 0) is 0 Å². The molecular formula is C29H31N3O4. The quantitative estimate of drug-likeness (QED) is 0.173. The fourth-order valence-corrected chi connectivity index (χ4v) is 4.84. The van der Waals surface area contributed by atoms with E-state index < -0.39 is 6.23 Å². The molecular weight excluding hydrogens is 454 g/mol. The van der Waals surface area contributed by atoms with E-state index in [9.17, 15) is 10.1 Å². The Morgan fingerprint density at radius 3 is 2.56 bits per heavy atom. The Kier molecular flexibility index (Phi) is 7.16. The lowest BCUT2D eigenvalue weighted by atomic mass is 9.95. The fourth-order valence-electron chi connectivity index (χ4n) is 4.84. The van der Waals surface area contributed by atoms with Crippen molar-refractivity contribution in [1.82, 2.24) is 5.01 Å². The molecule has 0 radical (unpaired) electrons. The standard InChI is InChI=1S/C29H31N3O4/c1-2-3-4-5-9-18-35-24-15-12-22(13-16-24)29-31-27(20-26(30-31)21-10-7-6-8-11-21)25-19-23(32(33)34)14-17-28(25)36-29/h6-8,10-17,19,27,29H,2-5,9,18,20H2,1H3. The molecule has 2 aliphatic heterocycles. The van der Waals surface area contributed by atoms with Crippen molar-refractivity contribution in [3.05, 3.63) is 99.6 Å². The van der Waals surface area contributed by atoms with Gasteiger partial charge in [0.25, 0.3) is 5.69 Å².